The first-order valence-corrected chi connectivity index (χ1v) is 4.07. The molecule has 0 spiro atoms. The summed E-state index contributed by atoms with van der Waals surface area (Å²) in [6, 6.07) is 0. The van der Waals surface area contributed by atoms with Crippen molar-refractivity contribution in [2.24, 2.45) is 0 Å². The summed E-state index contributed by atoms with van der Waals surface area (Å²) in [5.41, 5.74) is -2.14. The standard InChI is InChI=1S/C7H5ClF2N2O3/c8-6-4(7(9)10)5(12(14)15)3(2-13)1-11-6/h1,7,13H,2H2. The second-order valence-electron chi connectivity index (χ2n) is 2.55. The van der Waals surface area contributed by atoms with Crippen LogP contribution in [0.4, 0.5) is 14.5 Å². The quantitative estimate of drug-likeness (QED) is 0.497. The number of pyridine rings is 1. The van der Waals surface area contributed by atoms with Crippen LogP contribution in [0.15, 0.2) is 6.20 Å². The monoisotopic (exact) mass is 238 g/mol. The molecule has 0 amide bonds. The van der Waals surface area contributed by atoms with E-state index in [9.17, 15) is 18.9 Å². The van der Waals surface area contributed by atoms with E-state index in [1.54, 1.807) is 0 Å². The van der Waals surface area contributed by atoms with Gasteiger partial charge in [0, 0.05) is 6.20 Å². The zero-order valence-corrected chi connectivity index (χ0v) is 7.91. The molecule has 0 saturated heterocycles. The maximum absolute atomic E-state index is 12.5. The summed E-state index contributed by atoms with van der Waals surface area (Å²) in [4.78, 5) is 12.9. The van der Waals surface area contributed by atoms with Crippen LogP contribution in [0.1, 0.15) is 17.6 Å². The molecule has 0 aliphatic rings. The number of aliphatic hydroxyl groups is 1. The summed E-state index contributed by atoms with van der Waals surface area (Å²) in [5, 5.41) is 18.6. The third-order valence-corrected chi connectivity index (χ3v) is 1.99. The number of rotatable bonds is 3. The van der Waals surface area contributed by atoms with E-state index in [0.29, 0.717) is 0 Å². The third kappa shape index (κ3) is 2.18. The van der Waals surface area contributed by atoms with Crippen LogP contribution in [0.25, 0.3) is 0 Å². The summed E-state index contributed by atoms with van der Waals surface area (Å²) in [5.74, 6) is 0. The van der Waals surface area contributed by atoms with E-state index < -0.39 is 34.4 Å². The molecular formula is C7H5ClF2N2O3. The SMILES string of the molecule is O=[N+]([O-])c1c(CO)cnc(Cl)c1C(F)F. The second-order valence-corrected chi connectivity index (χ2v) is 2.91. The highest BCUT2D eigenvalue weighted by molar-refractivity contribution is 6.30. The Morgan fingerprint density at radius 3 is 2.67 bits per heavy atom. The van der Waals surface area contributed by atoms with Gasteiger partial charge in [-0.05, 0) is 0 Å². The molecule has 0 aliphatic heterocycles. The molecule has 1 aromatic heterocycles. The average molecular weight is 239 g/mol. The van der Waals surface area contributed by atoms with Crippen molar-refractivity contribution in [1.29, 1.82) is 0 Å². The Kier molecular flexibility index (Phi) is 3.48. The van der Waals surface area contributed by atoms with Gasteiger partial charge in [-0.2, -0.15) is 0 Å². The maximum atomic E-state index is 12.5. The zero-order valence-electron chi connectivity index (χ0n) is 7.15. The van der Waals surface area contributed by atoms with Gasteiger partial charge in [0.25, 0.3) is 12.1 Å². The Morgan fingerprint density at radius 2 is 2.27 bits per heavy atom. The molecule has 1 aromatic rings. The maximum Gasteiger partial charge on any atom is 0.288 e. The Hall–Kier alpha value is -1.34. The van der Waals surface area contributed by atoms with Gasteiger partial charge in [-0.3, -0.25) is 10.1 Å². The molecule has 0 atom stereocenters. The van der Waals surface area contributed by atoms with Crippen LogP contribution in [-0.4, -0.2) is 15.0 Å². The highest BCUT2D eigenvalue weighted by Crippen LogP contribution is 2.35. The molecule has 0 bridgehead atoms. The Morgan fingerprint density at radius 1 is 1.67 bits per heavy atom. The van der Waals surface area contributed by atoms with E-state index in [1.807, 2.05) is 0 Å². The molecule has 0 aromatic carbocycles. The Balaban J connectivity index is 3.51. The number of alkyl halides is 2. The van der Waals surface area contributed by atoms with E-state index in [0.717, 1.165) is 6.20 Å². The van der Waals surface area contributed by atoms with Gasteiger partial charge < -0.3 is 5.11 Å². The molecule has 0 saturated carbocycles. The van der Waals surface area contributed by atoms with Crippen molar-refractivity contribution >= 4 is 17.3 Å². The molecule has 1 rings (SSSR count). The van der Waals surface area contributed by atoms with E-state index in [1.165, 1.54) is 0 Å². The van der Waals surface area contributed by atoms with E-state index in [2.05, 4.69) is 4.98 Å². The van der Waals surface area contributed by atoms with Gasteiger partial charge in [-0.25, -0.2) is 13.8 Å². The van der Waals surface area contributed by atoms with Crippen LogP contribution in [0.2, 0.25) is 5.15 Å². The second kappa shape index (κ2) is 4.45. The first-order chi connectivity index (χ1) is 6.99. The highest BCUT2D eigenvalue weighted by Gasteiger charge is 2.29. The predicted molar refractivity (Wildman–Crippen MR) is 46.8 cm³/mol. The third-order valence-electron chi connectivity index (χ3n) is 1.69. The number of nitrogens with zero attached hydrogens (tertiary/aromatic N) is 2. The van der Waals surface area contributed by atoms with Crippen molar-refractivity contribution in [2.75, 3.05) is 0 Å². The van der Waals surface area contributed by atoms with Gasteiger partial charge >= 0.3 is 0 Å². The average Bonchev–Trinajstić information content (AvgIpc) is 2.16. The number of aromatic nitrogens is 1. The largest absolute Gasteiger partial charge is 0.391 e. The first-order valence-electron chi connectivity index (χ1n) is 3.69. The van der Waals surface area contributed by atoms with Gasteiger partial charge in [0.2, 0.25) is 0 Å². The smallest absolute Gasteiger partial charge is 0.288 e. The van der Waals surface area contributed by atoms with Gasteiger partial charge in [0.05, 0.1) is 17.1 Å². The van der Waals surface area contributed by atoms with Gasteiger partial charge in [0.15, 0.2) is 0 Å². The lowest BCUT2D eigenvalue weighted by Crippen LogP contribution is -2.03. The highest BCUT2D eigenvalue weighted by atomic mass is 35.5. The van der Waals surface area contributed by atoms with Gasteiger partial charge in [-0.1, -0.05) is 11.6 Å². The summed E-state index contributed by atoms with van der Waals surface area (Å²) >= 11 is 5.32. The molecule has 82 valence electrons. The molecule has 0 aliphatic carbocycles. The van der Waals surface area contributed by atoms with E-state index in [4.69, 9.17) is 16.7 Å². The lowest BCUT2D eigenvalue weighted by atomic mass is 10.1. The summed E-state index contributed by atoms with van der Waals surface area (Å²) < 4.78 is 24.9. The topological polar surface area (TPSA) is 76.3 Å². The number of halogens is 3. The minimum Gasteiger partial charge on any atom is -0.391 e. The lowest BCUT2D eigenvalue weighted by molar-refractivity contribution is -0.387. The molecule has 1 heterocycles. The first kappa shape index (κ1) is 11.7. The van der Waals surface area contributed by atoms with Crippen LogP contribution in [0.5, 0.6) is 0 Å². The minimum absolute atomic E-state index is 0.292. The van der Waals surface area contributed by atoms with Crippen molar-refractivity contribution in [2.45, 2.75) is 13.0 Å². The Bertz CT molecular complexity index is 400. The van der Waals surface area contributed by atoms with E-state index >= 15 is 0 Å². The normalized spacial score (nSPS) is 10.7. The van der Waals surface area contributed by atoms with Crippen molar-refractivity contribution in [1.82, 2.24) is 4.98 Å². The van der Waals surface area contributed by atoms with Crippen LogP contribution < -0.4 is 0 Å². The zero-order chi connectivity index (χ0) is 11.6. The van der Waals surface area contributed by atoms with Crippen LogP contribution in [0.3, 0.4) is 0 Å². The summed E-state index contributed by atoms with van der Waals surface area (Å²) in [6.45, 7) is -0.750. The van der Waals surface area contributed by atoms with Crippen LogP contribution in [-0.2, 0) is 6.61 Å². The van der Waals surface area contributed by atoms with Crippen molar-refractivity contribution < 1.29 is 18.8 Å². The molecular weight excluding hydrogens is 234 g/mol. The summed E-state index contributed by atoms with van der Waals surface area (Å²) in [7, 11) is 0. The molecule has 15 heavy (non-hydrogen) atoms. The lowest BCUT2D eigenvalue weighted by Gasteiger charge is -2.06. The predicted octanol–water partition coefficient (Wildman–Crippen LogP) is 2.07. The fourth-order valence-corrected chi connectivity index (χ4v) is 1.28. The molecule has 1 N–H and O–H groups in total. The molecule has 0 fully saturated rings. The number of hydrogen-bond donors (Lipinski definition) is 1. The summed E-state index contributed by atoms with van der Waals surface area (Å²) in [6.07, 6.45) is -2.22. The Labute approximate surface area is 87.5 Å². The number of nitro groups is 1. The molecule has 0 unspecified atom stereocenters. The molecule has 0 radical (unpaired) electrons. The minimum atomic E-state index is -3.11. The van der Waals surface area contributed by atoms with Gasteiger partial charge in [0.1, 0.15) is 10.7 Å². The fourth-order valence-electron chi connectivity index (χ4n) is 1.06. The van der Waals surface area contributed by atoms with Crippen LogP contribution >= 0.6 is 11.6 Å². The molecule has 5 nitrogen and oxygen atoms in total. The van der Waals surface area contributed by atoms with Crippen molar-refractivity contribution in [3.8, 4) is 0 Å². The number of hydrogen-bond acceptors (Lipinski definition) is 4. The van der Waals surface area contributed by atoms with E-state index in [-0.39, 0.29) is 5.56 Å². The fraction of sp³-hybridized carbons (Fsp3) is 0.286. The van der Waals surface area contributed by atoms with Gasteiger partial charge in [-0.15, -0.1) is 0 Å². The van der Waals surface area contributed by atoms with Crippen molar-refractivity contribution in [3.63, 3.8) is 0 Å². The van der Waals surface area contributed by atoms with Crippen molar-refractivity contribution in [3.05, 3.63) is 32.6 Å². The van der Waals surface area contributed by atoms with Crippen LogP contribution in [0, 0.1) is 10.1 Å². The number of aliphatic hydroxyl groups excluding tert-OH is 1. The molecule has 8 heteroatoms.